The second-order valence-electron chi connectivity index (χ2n) is 5.63. The van der Waals surface area contributed by atoms with Gasteiger partial charge in [-0.15, -0.1) is 12.4 Å². The molecule has 0 saturated heterocycles. The highest BCUT2D eigenvalue weighted by Crippen LogP contribution is 2.34. The third-order valence-corrected chi connectivity index (χ3v) is 4.43. The predicted octanol–water partition coefficient (Wildman–Crippen LogP) is 3.81. The zero-order chi connectivity index (χ0) is 13.2. The molecule has 2 aromatic rings. The number of nitrogens with two attached hydrogens (primary N) is 1. The molecule has 1 aliphatic carbocycles. The molecule has 0 heterocycles. The molecule has 2 nitrogen and oxygen atoms in total. The molecule has 0 bridgehead atoms. The maximum absolute atomic E-state index is 10.5. The van der Waals surface area contributed by atoms with Crippen LogP contribution in [0.1, 0.15) is 37.3 Å². The Morgan fingerprint density at radius 1 is 1.00 bits per heavy atom. The number of hydrogen-bond donors (Lipinski definition) is 2. The minimum absolute atomic E-state index is 0. The van der Waals surface area contributed by atoms with E-state index in [0.29, 0.717) is 5.92 Å². The fraction of sp³-hybridized carbons (Fsp3) is 0.412. The first-order valence-corrected chi connectivity index (χ1v) is 7.18. The van der Waals surface area contributed by atoms with E-state index >= 15 is 0 Å². The summed E-state index contributed by atoms with van der Waals surface area (Å²) in [6, 6.07) is 14.1. The summed E-state index contributed by atoms with van der Waals surface area (Å²) >= 11 is 0. The lowest BCUT2D eigenvalue weighted by atomic mass is 9.88. The molecule has 0 spiro atoms. The molecule has 0 radical (unpaired) electrons. The number of hydrogen-bond acceptors (Lipinski definition) is 2. The smallest absolute Gasteiger partial charge is 0.0761 e. The Labute approximate surface area is 126 Å². The second-order valence-corrected chi connectivity index (χ2v) is 5.63. The van der Waals surface area contributed by atoms with Crippen LogP contribution in [0.3, 0.4) is 0 Å². The van der Waals surface area contributed by atoms with Gasteiger partial charge in [0, 0.05) is 0 Å². The SMILES string of the molecule is Cl.N[C@@H](c1cccc2ccccc12)[C@H](O)C1CCCC1. The first-order chi connectivity index (χ1) is 9.27. The van der Waals surface area contributed by atoms with Crippen LogP contribution in [0.15, 0.2) is 42.5 Å². The van der Waals surface area contributed by atoms with Gasteiger partial charge in [0.1, 0.15) is 0 Å². The van der Waals surface area contributed by atoms with Crippen molar-refractivity contribution < 1.29 is 5.11 Å². The van der Waals surface area contributed by atoms with Crippen LogP contribution in [0.25, 0.3) is 10.8 Å². The van der Waals surface area contributed by atoms with Crippen molar-refractivity contribution in [2.75, 3.05) is 0 Å². The number of fused-ring (bicyclic) bond motifs is 1. The average Bonchev–Trinajstić information content (AvgIpc) is 2.99. The maximum Gasteiger partial charge on any atom is 0.0761 e. The summed E-state index contributed by atoms with van der Waals surface area (Å²) in [5.41, 5.74) is 7.40. The first kappa shape index (κ1) is 15.3. The van der Waals surface area contributed by atoms with Crippen LogP contribution in [0, 0.1) is 5.92 Å². The number of aliphatic hydroxyl groups is 1. The van der Waals surface area contributed by atoms with Crippen molar-refractivity contribution in [2.45, 2.75) is 37.8 Å². The molecule has 1 aliphatic rings. The van der Waals surface area contributed by atoms with Crippen LogP contribution >= 0.6 is 12.4 Å². The summed E-state index contributed by atoms with van der Waals surface area (Å²) in [6.45, 7) is 0. The Morgan fingerprint density at radius 2 is 1.65 bits per heavy atom. The zero-order valence-electron chi connectivity index (χ0n) is 11.5. The van der Waals surface area contributed by atoms with Crippen LogP contribution in [-0.2, 0) is 0 Å². The summed E-state index contributed by atoms with van der Waals surface area (Å²) in [5.74, 6) is 0.369. The van der Waals surface area contributed by atoms with Gasteiger partial charge in [-0.2, -0.15) is 0 Å². The largest absolute Gasteiger partial charge is 0.391 e. The Balaban J connectivity index is 0.00000147. The summed E-state index contributed by atoms with van der Waals surface area (Å²) in [4.78, 5) is 0. The van der Waals surface area contributed by atoms with Crippen molar-refractivity contribution in [2.24, 2.45) is 11.7 Å². The molecule has 3 N–H and O–H groups in total. The average molecular weight is 292 g/mol. The third kappa shape index (κ3) is 2.83. The summed E-state index contributed by atoms with van der Waals surface area (Å²) in [6.07, 6.45) is 4.25. The van der Waals surface area contributed by atoms with Crippen LogP contribution in [0.2, 0.25) is 0 Å². The van der Waals surface area contributed by atoms with Crippen LogP contribution < -0.4 is 5.73 Å². The fourth-order valence-electron chi connectivity index (χ4n) is 3.32. The number of aliphatic hydroxyl groups excluding tert-OH is 1. The van der Waals surface area contributed by atoms with E-state index < -0.39 is 6.10 Å². The Morgan fingerprint density at radius 3 is 2.40 bits per heavy atom. The van der Waals surface area contributed by atoms with Gasteiger partial charge in [-0.3, -0.25) is 0 Å². The van der Waals surface area contributed by atoms with Gasteiger partial charge in [-0.25, -0.2) is 0 Å². The monoisotopic (exact) mass is 291 g/mol. The van der Waals surface area contributed by atoms with E-state index in [9.17, 15) is 5.11 Å². The van der Waals surface area contributed by atoms with E-state index in [1.807, 2.05) is 24.3 Å². The molecule has 0 amide bonds. The predicted molar refractivity (Wildman–Crippen MR) is 86.1 cm³/mol. The molecule has 2 aromatic carbocycles. The zero-order valence-corrected chi connectivity index (χ0v) is 12.4. The van der Waals surface area contributed by atoms with Crippen LogP contribution in [-0.4, -0.2) is 11.2 Å². The van der Waals surface area contributed by atoms with Crippen molar-refractivity contribution in [3.05, 3.63) is 48.0 Å². The lowest BCUT2D eigenvalue weighted by Gasteiger charge is -2.25. The van der Waals surface area contributed by atoms with E-state index in [-0.39, 0.29) is 18.4 Å². The molecular formula is C17H22ClNO. The quantitative estimate of drug-likeness (QED) is 0.903. The van der Waals surface area contributed by atoms with Crippen molar-refractivity contribution in [1.29, 1.82) is 0 Å². The normalized spacial score (nSPS) is 18.7. The van der Waals surface area contributed by atoms with Gasteiger partial charge in [-0.1, -0.05) is 55.3 Å². The highest BCUT2D eigenvalue weighted by atomic mass is 35.5. The van der Waals surface area contributed by atoms with E-state index in [2.05, 4.69) is 18.2 Å². The molecule has 1 fully saturated rings. The summed E-state index contributed by atoms with van der Waals surface area (Å²) in [5, 5.41) is 12.9. The van der Waals surface area contributed by atoms with Gasteiger partial charge in [0.25, 0.3) is 0 Å². The maximum atomic E-state index is 10.5. The highest BCUT2D eigenvalue weighted by Gasteiger charge is 2.29. The molecule has 0 unspecified atom stereocenters. The van der Waals surface area contributed by atoms with Crippen LogP contribution in [0.4, 0.5) is 0 Å². The molecule has 0 aromatic heterocycles. The van der Waals surface area contributed by atoms with Crippen molar-refractivity contribution in [1.82, 2.24) is 0 Å². The molecule has 3 heteroatoms. The van der Waals surface area contributed by atoms with Gasteiger partial charge >= 0.3 is 0 Å². The molecule has 1 saturated carbocycles. The van der Waals surface area contributed by atoms with Gasteiger partial charge in [0.2, 0.25) is 0 Å². The topological polar surface area (TPSA) is 46.2 Å². The van der Waals surface area contributed by atoms with Gasteiger partial charge < -0.3 is 10.8 Å². The minimum Gasteiger partial charge on any atom is -0.391 e. The van der Waals surface area contributed by atoms with E-state index in [1.54, 1.807) is 0 Å². The second kappa shape index (κ2) is 6.57. The van der Waals surface area contributed by atoms with E-state index in [4.69, 9.17) is 5.73 Å². The Bertz CT molecular complexity index is 560. The Kier molecular flexibility index (Phi) is 5.03. The van der Waals surface area contributed by atoms with E-state index in [0.717, 1.165) is 23.8 Å². The lowest BCUT2D eigenvalue weighted by molar-refractivity contribution is 0.0849. The molecule has 20 heavy (non-hydrogen) atoms. The number of rotatable bonds is 3. The highest BCUT2D eigenvalue weighted by molar-refractivity contribution is 5.86. The molecular weight excluding hydrogens is 270 g/mol. The first-order valence-electron chi connectivity index (χ1n) is 7.18. The van der Waals surface area contributed by atoms with Gasteiger partial charge in [0.05, 0.1) is 12.1 Å². The molecule has 0 aliphatic heterocycles. The van der Waals surface area contributed by atoms with Crippen molar-refractivity contribution in [3.63, 3.8) is 0 Å². The standard InChI is InChI=1S/C17H21NO.ClH/c18-16(17(19)13-7-1-2-8-13)15-11-5-9-12-6-3-4-10-14(12)15;/h3-6,9-11,13,16-17,19H,1-2,7-8,18H2;1H/t16-,17+;/m0./s1. The summed E-state index contributed by atoms with van der Waals surface area (Å²) < 4.78 is 0. The number of halogens is 1. The molecule has 2 atom stereocenters. The summed E-state index contributed by atoms with van der Waals surface area (Å²) in [7, 11) is 0. The lowest BCUT2D eigenvalue weighted by Crippen LogP contribution is -2.32. The molecule has 108 valence electrons. The van der Waals surface area contributed by atoms with Gasteiger partial charge in [0.15, 0.2) is 0 Å². The van der Waals surface area contributed by atoms with Crippen molar-refractivity contribution in [3.8, 4) is 0 Å². The Hall–Kier alpha value is -1.09. The van der Waals surface area contributed by atoms with Crippen molar-refractivity contribution >= 4 is 23.2 Å². The van der Waals surface area contributed by atoms with Crippen LogP contribution in [0.5, 0.6) is 0 Å². The number of benzene rings is 2. The third-order valence-electron chi connectivity index (χ3n) is 4.43. The minimum atomic E-state index is -0.423. The van der Waals surface area contributed by atoms with E-state index in [1.165, 1.54) is 18.2 Å². The fourth-order valence-corrected chi connectivity index (χ4v) is 3.32. The van der Waals surface area contributed by atoms with Gasteiger partial charge in [-0.05, 0) is 35.1 Å². The molecule has 3 rings (SSSR count).